The average molecular weight is 396 g/mol. The SMILES string of the molecule is O=c1[nH]c(N(CCO)Cc2cccc(Cl)c2)nc2c1cnn2-c1ccccc1. The maximum atomic E-state index is 12.6. The monoisotopic (exact) mass is 395 g/mol. The fourth-order valence-corrected chi connectivity index (χ4v) is 3.26. The summed E-state index contributed by atoms with van der Waals surface area (Å²) in [5.41, 5.74) is 1.93. The molecule has 0 aliphatic heterocycles. The van der Waals surface area contributed by atoms with Gasteiger partial charge < -0.3 is 10.0 Å². The number of nitrogens with one attached hydrogen (secondary N) is 1. The molecular formula is C20H18ClN5O2. The first kappa shape index (κ1) is 18.2. The Morgan fingerprint density at radius 2 is 1.96 bits per heavy atom. The third-order valence-electron chi connectivity index (χ3n) is 4.36. The molecule has 0 atom stereocenters. The topological polar surface area (TPSA) is 87.0 Å². The summed E-state index contributed by atoms with van der Waals surface area (Å²) in [7, 11) is 0. The van der Waals surface area contributed by atoms with E-state index in [4.69, 9.17) is 11.6 Å². The highest BCUT2D eigenvalue weighted by Crippen LogP contribution is 2.19. The number of benzene rings is 2. The van der Waals surface area contributed by atoms with Crippen molar-refractivity contribution in [2.75, 3.05) is 18.1 Å². The molecule has 28 heavy (non-hydrogen) atoms. The molecule has 0 radical (unpaired) electrons. The zero-order valence-corrected chi connectivity index (χ0v) is 15.7. The standard InChI is InChI=1S/C20H18ClN5O2/c21-15-6-4-5-14(11-15)13-25(9-10-27)20-23-18-17(19(28)24-20)12-22-26(18)16-7-2-1-3-8-16/h1-8,11-12,27H,9-10,13H2,(H,23,24,28). The first-order valence-electron chi connectivity index (χ1n) is 8.79. The van der Waals surface area contributed by atoms with Gasteiger partial charge in [0.1, 0.15) is 5.39 Å². The number of aliphatic hydroxyl groups excluding tert-OH is 1. The third-order valence-corrected chi connectivity index (χ3v) is 4.59. The first-order chi connectivity index (χ1) is 13.7. The van der Waals surface area contributed by atoms with E-state index in [1.807, 2.05) is 48.5 Å². The van der Waals surface area contributed by atoms with E-state index in [0.717, 1.165) is 11.3 Å². The smallest absolute Gasteiger partial charge is 0.263 e. The number of nitrogens with zero attached hydrogens (tertiary/aromatic N) is 4. The maximum absolute atomic E-state index is 12.6. The van der Waals surface area contributed by atoms with Crippen molar-refractivity contribution in [3.05, 3.63) is 81.7 Å². The van der Waals surface area contributed by atoms with Crippen LogP contribution in [0.4, 0.5) is 5.95 Å². The van der Waals surface area contributed by atoms with Gasteiger partial charge in [-0.1, -0.05) is 41.9 Å². The summed E-state index contributed by atoms with van der Waals surface area (Å²) in [5.74, 6) is 0.365. The highest BCUT2D eigenvalue weighted by Gasteiger charge is 2.16. The number of aromatic amines is 1. The number of rotatable bonds is 6. The second kappa shape index (κ2) is 7.84. The summed E-state index contributed by atoms with van der Waals surface area (Å²) in [6.07, 6.45) is 1.51. The lowest BCUT2D eigenvalue weighted by molar-refractivity contribution is 0.301. The summed E-state index contributed by atoms with van der Waals surface area (Å²) in [6.45, 7) is 0.662. The van der Waals surface area contributed by atoms with Crippen LogP contribution in [0, 0.1) is 0 Å². The lowest BCUT2D eigenvalue weighted by Crippen LogP contribution is -2.30. The van der Waals surface area contributed by atoms with Crippen molar-refractivity contribution < 1.29 is 5.11 Å². The van der Waals surface area contributed by atoms with Crippen LogP contribution in [0.3, 0.4) is 0 Å². The summed E-state index contributed by atoms with van der Waals surface area (Å²) in [4.78, 5) is 21.8. The molecule has 0 fully saturated rings. The summed E-state index contributed by atoms with van der Waals surface area (Å²) >= 11 is 6.08. The van der Waals surface area contributed by atoms with Gasteiger partial charge in [-0.3, -0.25) is 9.78 Å². The predicted octanol–water partition coefficient (Wildman–Crippen LogP) is 2.76. The molecule has 0 amide bonds. The van der Waals surface area contributed by atoms with Gasteiger partial charge in [-0.25, -0.2) is 4.68 Å². The zero-order chi connectivity index (χ0) is 19.5. The molecular weight excluding hydrogens is 378 g/mol. The van der Waals surface area contributed by atoms with Crippen LogP contribution in [0.25, 0.3) is 16.7 Å². The van der Waals surface area contributed by atoms with Gasteiger partial charge in [0.2, 0.25) is 5.95 Å². The van der Waals surface area contributed by atoms with Gasteiger partial charge in [0.15, 0.2) is 5.65 Å². The van der Waals surface area contributed by atoms with E-state index >= 15 is 0 Å². The molecule has 7 nitrogen and oxygen atoms in total. The average Bonchev–Trinajstić information content (AvgIpc) is 3.13. The summed E-state index contributed by atoms with van der Waals surface area (Å²) < 4.78 is 1.63. The van der Waals surface area contributed by atoms with E-state index in [0.29, 0.717) is 35.1 Å². The number of aliphatic hydroxyl groups is 1. The molecule has 0 saturated carbocycles. The second-order valence-electron chi connectivity index (χ2n) is 6.29. The molecule has 2 aromatic carbocycles. The van der Waals surface area contributed by atoms with Crippen molar-refractivity contribution in [3.63, 3.8) is 0 Å². The lowest BCUT2D eigenvalue weighted by atomic mass is 10.2. The molecule has 8 heteroatoms. The predicted molar refractivity (Wildman–Crippen MR) is 109 cm³/mol. The Balaban J connectivity index is 1.78. The van der Waals surface area contributed by atoms with E-state index in [2.05, 4.69) is 15.1 Å². The largest absolute Gasteiger partial charge is 0.395 e. The molecule has 2 aromatic heterocycles. The Morgan fingerprint density at radius 1 is 1.14 bits per heavy atom. The lowest BCUT2D eigenvalue weighted by Gasteiger charge is -2.22. The molecule has 4 rings (SSSR count). The van der Waals surface area contributed by atoms with Crippen LogP contribution < -0.4 is 10.5 Å². The number of hydrogen-bond donors (Lipinski definition) is 2. The molecule has 2 N–H and O–H groups in total. The molecule has 0 unspecified atom stereocenters. The van der Waals surface area contributed by atoms with Crippen LogP contribution in [-0.4, -0.2) is 38.0 Å². The van der Waals surface area contributed by atoms with E-state index in [9.17, 15) is 9.90 Å². The van der Waals surface area contributed by atoms with Crippen LogP contribution in [0.15, 0.2) is 65.6 Å². The van der Waals surface area contributed by atoms with Crippen molar-refractivity contribution in [2.24, 2.45) is 0 Å². The van der Waals surface area contributed by atoms with Crippen molar-refractivity contribution in [2.45, 2.75) is 6.54 Å². The number of aromatic nitrogens is 4. The summed E-state index contributed by atoms with van der Waals surface area (Å²) in [5, 5.41) is 14.8. The van der Waals surface area contributed by atoms with Gasteiger partial charge in [-0.05, 0) is 29.8 Å². The Morgan fingerprint density at radius 3 is 2.71 bits per heavy atom. The minimum absolute atomic E-state index is 0.0831. The van der Waals surface area contributed by atoms with Crippen molar-refractivity contribution in [1.82, 2.24) is 19.7 Å². The number of para-hydroxylation sites is 1. The number of hydrogen-bond acceptors (Lipinski definition) is 5. The molecule has 2 heterocycles. The molecule has 0 bridgehead atoms. The fraction of sp³-hybridized carbons (Fsp3) is 0.150. The van der Waals surface area contributed by atoms with Gasteiger partial charge in [-0.2, -0.15) is 10.1 Å². The number of halogens is 1. The molecule has 0 spiro atoms. The zero-order valence-electron chi connectivity index (χ0n) is 14.9. The Hall–Kier alpha value is -3.16. The van der Waals surface area contributed by atoms with Crippen molar-refractivity contribution >= 4 is 28.6 Å². The van der Waals surface area contributed by atoms with E-state index in [1.54, 1.807) is 15.6 Å². The third kappa shape index (κ3) is 3.62. The van der Waals surface area contributed by atoms with Crippen LogP contribution >= 0.6 is 11.6 Å². The van der Waals surface area contributed by atoms with Crippen LogP contribution in [-0.2, 0) is 6.54 Å². The summed E-state index contributed by atoms with van der Waals surface area (Å²) in [6, 6.07) is 16.9. The first-order valence-corrected chi connectivity index (χ1v) is 9.17. The Bertz CT molecular complexity index is 1160. The highest BCUT2D eigenvalue weighted by molar-refractivity contribution is 6.30. The molecule has 0 aliphatic rings. The normalized spacial score (nSPS) is 11.1. The van der Waals surface area contributed by atoms with Gasteiger partial charge in [0, 0.05) is 18.1 Å². The van der Waals surface area contributed by atoms with Crippen LogP contribution in [0.2, 0.25) is 5.02 Å². The van der Waals surface area contributed by atoms with Gasteiger partial charge >= 0.3 is 0 Å². The number of H-pyrrole nitrogens is 1. The van der Waals surface area contributed by atoms with E-state index < -0.39 is 0 Å². The maximum Gasteiger partial charge on any atom is 0.263 e. The molecule has 0 aliphatic carbocycles. The molecule has 4 aromatic rings. The number of anilines is 1. The van der Waals surface area contributed by atoms with Gasteiger partial charge in [0.05, 0.1) is 18.5 Å². The minimum Gasteiger partial charge on any atom is -0.395 e. The van der Waals surface area contributed by atoms with Crippen molar-refractivity contribution in [3.8, 4) is 5.69 Å². The van der Waals surface area contributed by atoms with Crippen LogP contribution in [0.1, 0.15) is 5.56 Å². The highest BCUT2D eigenvalue weighted by atomic mass is 35.5. The molecule has 142 valence electrons. The van der Waals surface area contributed by atoms with E-state index in [1.165, 1.54) is 6.20 Å². The Labute approximate surface area is 165 Å². The Kier molecular flexibility index (Phi) is 5.10. The second-order valence-corrected chi connectivity index (χ2v) is 6.73. The quantitative estimate of drug-likeness (QED) is 0.524. The van der Waals surface area contributed by atoms with Crippen LogP contribution in [0.5, 0.6) is 0 Å². The van der Waals surface area contributed by atoms with Gasteiger partial charge in [-0.15, -0.1) is 0 Å². The minimum atomic E-state index is -0.281. The van der Waals surface area contributed by atoms with Gasteiger partial charge in [0.25, 0.3) is 5.56 Å². The molecule has 0 saturated heterocycles. The number of fused-ring (bicyclic) bond motifs is 1. The van der Waals surface area contributed by atoms with Crippen molar-refractivity contribution in [1.29, 1.82) is 0 Å². The fourth-order valence-electron chi connectivity index (χ4n) is 3.05. The van der Waals surface area contributed by atoms with E-state index in [-0.39, 0.29) is 12.2 Å².